The van der Waals surface area contributed by atoms with Crippen LogP contribution in [0.1, 0.15) is 18.3 Å². The van der Waals surface area contributed by atoms with Crippen LogP contribution in [0.5, 0.6) is 0 Å². The van der Waals surface area contributed by atoms with Gasteiger partial charge >= 0.3 is 0 Å². The minimum absolute atomic E-state index is 0.113. The summed E-state index contributed by atoms with van der Waals surface area (Å²) in [6.07, 6.45) is 0.567. The smallest absolute Gasteiger partial charge is 0.166 e. The van der Waals surface area contributed by atoms with Crippen molar-refractivity contribution in [3.8, 4) is 0 Å². The third-order valence-electron chi connectivity index (χ3n) is 2.23. The lowest BCUT2D eigenvalue weighted by Gasteiger charge is -2.07. The molecule has 0 bridgehead atoms. The van der Waals surface area contributed by atoms with Crippen molar-refractivity contribution in [2.24, 2.45) is 0 Å². The standard InChI is InChI=1S/C6H9ClN4O2S/c7-3-6-8-9-10-11(6)5-1-2-14(12,13)4-5/h5H,1-4H2. The number of hydrogen-bond acceptors (Lipinski definition) is 5. The second kappa shape index (κ2) is 3.47. The number of halogens is 1. The summed E-state index contributed by atoms with van der Waals surface area (Å²) in [5, 5.41) is 10.9. The van der Waals surface area contributed by atoms with Crippen molar-refractivity contribution in [1.82, 2.24) is 20.2 Å². The zero-order valence-corrected chi connectivity index (χ0v) is 8.87. The van der Waals surface area contributed by atoms with Gasteiger partial charge in [0, 0.05) is 0 Å². The van der Waals surface area contributed by atoms with E-state index in [1.54, 1.807) is 0 Å². The van der Waals surface area contributed by atoms with Crippen molar-refractivity contribution in [2.75, 3.05) is 11.5 Å². The van der Waals surface area contributed by atoms with Gasteiger partial charge in [0.15, 0.2) is 15.7 Å². The highest BCUT2D eigenvalue weighted by Gasteiger charge is 2.31. The number of alkyl halides is 1. The molecule has 2 heterocycles. The summed E-state index contributed by atoms with van der Waals surface area (Å²) in [5.41, 5.74) is 0. The molecule has 0 spiro atoms. The summed E-state index contributed by atoms with van der Waals surface area (Å²) >= 11 is 5.61. The maximum Gasteiger partial charge on any atom is 0.166 e. The van der Waals surface area contributed by atoms with Crippen molar-refractivity contribution < 1.29 is 8.42 Å². The third-order valence-corrected chi connectivity index (χ3v) is 4.22. The summed E-state index contributed by atoms with van der Waals surface area (Å²) in [6, 6.07) is -0.149. The predicted molar refractivity (Wildman–Crippen MR) is 49.7 cm³/mol. The number of aromatic nitrogens is 4. The molecule has 1 aliphatic rings. The maximum atomic E-state index is 11.2. The van der Waals surface area contributed by atoms with Gasteiger partial charge in [0.2, 0.25) is 0 Å². The number of rotatable bonds is 2. The molecule has 1 atom stereocenters. The van der Waals surface area contributed by atoms with Crippen molar-refractivity contribution in [2.45, 2.75) is 18.3 Å². The minimum Gasteiger partial charge on any atom is -0.229 e. The molecule has 0 aliphatic carbocycles. The molecule has 0 saturated carbocycles. The van der Waals surface area contributed by atoms with Crippen LogP contribution in [0.2, 0.25) is 0 Å². The van der Waals surface area contributed by atoms with E-state index in [1.165, 1.54) is 4.68 Å². The van der Waals surface area contributed by atoms with Crippen LogP contribution in [0, 0.1) is 0 Å². The SMILES string of the molecule is O=S1(=O)CCC(n2nnnc2CCl)C1. The summed E-state index contributed by atoms with van der Waals surface area (Å²) in [7, 11) is -2.91. The molecule has 0 amide bonds. The largest absolute Gasteiger partial charge is 0.229 e. The molecule has 1 aromatic rings. The summed E-state index contributed by atoms with van der Waals surface area (Å²) in [4.78, 5) is 0. The minimum atomic E-state index is -2.91. The Hall–Kier alpha value is -0.690. The maximum absolute atomic E-state index is 11.2. The van der Waals surface area contributed by atoms with Crippen molar-refractivity contribution in [3.05, 3.63) is 5.82 Å². The Morgan fingerprint density at radius 1 is 1.57 bits per heavy atom. The van der Waals surface area contributed by atoms with Gasteiger partial charge in [-0.15, -0.1) is 16.7 Å². The molecule has 8 heteroatoms. The van der Waals surface area contributed by atoms with Gasteiger partial charge in [-0.25, -0.2) is 13.1 Å². The summed E-state index contributed by atoms with van der Waals surface area (Å²) < 4.78 is 24.0. The number of hydrogen-bond donors (Lipinski definition) is 0. The van der Waals surface area contributed by atoms with E-state index in [4.69, 9.17) is 11.6 Å². The predicted octanol–water partition coefficient (Wildman–Crippen LogP) is -0.229. The molecular weight excluding hydrogens is 228 g/mol. The van der Waals surface area contributed by atoms with E-state index in [-0.39, 0.29) is 23.4 Å². The quantitative estimate of drug-likeness (QED) is 0.663. The highest BCUT2D eigenvalue weighted by molar-refractivity contribution is 7.91. The van der Waals surface area contributed by atoms with E-state index in [1.807, 2.05) is 0 Å². The molecular formula is C6H9ClN4O2S. The van der Waals surface area contributed by atoms with E-state index in [0.29, 0.717) is 12.2 Å². The Morgan fingerprint density at radius 2 is 2.36 bits per heavy atom. The molecule has 0 aromatic carbocycles. The van der Waals surface area contributed by atoms with Crippen LogP contribution in [0.4, 0.5) is 0 Å². The Morgan fingerprint density at radius 3 is 2.93 bits per heavy atom. The van der Waals surface area contributed by atoms with Gasteiger partial charge < -0.3 is 0 Å². The van der Waals surface area contributed by atoms with Gasteiger partial charge in [-0.2, -0.15) is 0 Å². The van der Waals surface area contributed by atoms with Crippen molar-refractivity contribution >= 4 is 21.4 Å². The molecule has 2 rings (SSSR count). The second-order valence-electron chi connectivity index (χ2n) is 3.23. The molecule has 0 N–H and O–H groups in total. The Kier molecular flexibility index (Phi) is 2.44. The normalized spacial score (nSPS) is 25.4. The van der Waals surface area contributed by atoms with Crippen molar-refractivity contribution in [3.63, 3.8) is 0 Å². The molecule has 6 nitrogen and oxygen atoms in total. The monoisotopic (exact) mass is 236 g/mol. The zero-order chi connectivity index (χ0) is 10.2. The molecule has 1 aromatic heterocycles. The van der Waals surface area contributed by atoms with E-state index >= 15 is 0 Å². The molecule has 14 heavy (non-hydrogen) atoms. The Bertz CT molecular complexity index is 429. The summed E-state index contributed by atoms with van der Waals surface area (Å²) in [5.74, 6) is 1.04. The van der Waals surface area contributed by atoms with E-state index in [2.05, 4.69) is 15.5 Å². The molecule has 78 valence electrons. The van der Waals surface area contributed by atoms with Crippen LogP contribution >= 0.6 is 11.6 Å². The Balaban J connectivity index is 2.25. The topological polar surface area (TPSA) is 77.7 Å². The second-order valence-corrected chi connectivity index (χ2v) is 5.73. The lowest BCUT2D eigenvalue weighted by molar-refractivity contribution is 0.473. The average molecular weight is 237 g/mol. The molecule has 1 saturated heterocycles. The summed E-state index contributed by atoms with van der Waals surface area (Å²) in [6.45, 7) is 0. The van der Waals surface area contributed by atoms with E-state index < -0.39 is 9.84 Å². The van der Waals surface area contributed by atoms with Crippen molar-refractivity contribution in [1.29, 1.82) is 0 Å². The first kappa shape index (κ1) is 9.85. The molecule has 0 radical (unpaired) electrons. The molecule has 1 fully saturated rings. The van der Waals surface area contributed by atoms with Gasteiger partial charge in [-0.3, -0.25) is 0 Å². The van der Waals surface area contributed by atoms with Crippen LogP contribution in [-0.2, 0) is 15.7 Å². The first-order valence-corrected chi connectivity index (χ1v) is 6.51. The van der Waals surface area contributed by atoms with Gasteiger partial charge in [0.25, 0.3) is 0 Å². The van der Waals surface area contributed by atoms with Crippen LogP contribution < -0.4 is 0 Å². The lowest BCUT2D eigenvalue weighted by atomic mass is 10.3. The van der Waals surface area contributed by atoms with Crippen LogP contribution in [0.15, 0.2) is 0 Å². The van der Waals surface area contributed by atoms with Gasteiger partial charge in [0.05, 0.1) is 23.4 Å². The van der Waals surface area contributed by atoms with Crippen LogP contribution in [0.3, 0.4) is 0 Å². The average Bonchev–Trinajstić information content (AvgIpc) is 2.70. The van der Waals surface area contributed by atoms with Gasteiger partial charge in [0.1, 0.15) is 0 Å². The number of tetrazole rings is 1. The fourth-order valence-electron chi connectivity index (χ4n) is 1.55. The van der Waals surface area contributed by atoms with Crippen LogP contribution in [0.25, 0.3) is 0 Å². The van der Waals surface area contributed by atoms with E-state index in [9.17, 15) is 8.42 Å². The first-order chi connectivity index (χ1) is 6.62. The Labute approximate surface area is 86.2 Å². The van der Waals surface area contributed by atoms with E-state index in [0.717, 1.165) is 0 Å². The number of nitrogens with zero attached hydrogens (tertiary/aromatic N) is 4. The van der Waals surface area contributed by atoms with Crippen LogP contribution in [-0.4, -0.2) is 40.1 Å². The fourth-order valence-corrected chi connectivity index (χ4v) is 3.42. The lowest BCUT2D eigenvalue weighted by Crippen LogP contribution is -2.14. The fraction of sp³-hybridized carbons (Fsp3) is 0.833. The highest BCUT2D eigenvalue weighted by atomic mass is 35.5. The molecule has 1 unspecified atom stereocenters. The first-order valence-electron chi connectivity index (χ1n) is 4.15. The van der Waals surface area contributed by atoms with Gasteiger partial charge in [-0.1, -0.05) is 0 Å². The third kappa shape index (κ3) is 1.74. The highest BCUT2D eigenvalue weighted by Crippen LogP contribution is 2.23. The molecule has 1 aliphatic heterocycles. The number of sulfone groups is 1. The van der Waals surface area contributed by atoms with Gasteiger partial charge in [-0.05, 0) is 16.8 Å². The zero-order valence-electron chi connectivity index (χ0n) is 7.30.